The number of aryl methyl sites for hydroxylation is 2. The van der Waals surface area contributed by atoms with Crippen LogP contribution in [0.5, 0.6) is 0 Å². The van der Waals surface area contributed by atoms with Crippen LogP contribution in [0.2, 0.25) is 0 Å². The fourth-order valence-electron chi connectivity index (χ4n) is 4.01. The number of amides is 1. The van der Waals surface area contributed by atoms with E-state index >= 15 is 0 Å². The zero-order valence-electron chi connectivity index (χ0n) is 20.1. The Bertz CT molecular complexity index is 915. The SMILES string of the molecule is CCN(CC)CCOC(=O)c1ccc(NC(=O)C2CCN(c3nc(C)cc(C)n3)CC2)cc1. The first-order valence-electron chi connectivity index (χ1n) is 11.8. The molecule has 0 spiro atoms. The Morgan fingerprint density at radius 1 is 1.06 bits per heavy atom. The van der Waals surface area contributed by atoms with Crippen LogP contribution in [0.1, 0.15) is 48.4 Å². The fourth-order valence-corrected chi connectivity index (χ4v) is 4.01. The summed E-state index contributed by atoms with van der Waals surface area (Å²) in [6.45, 7) is 12.6. The molecule has 3 rings (SSSR count). The Balaban J connectivity index is 1.46. The molecule has 8 heteroatoms. The molecule has 1 aliphatic rings. The van der Waals surface area contributed by atoms with E-state index in [-0.39, 0.29) is 17.8 Å². The van der Waals surface area contributed by atoms with E-state index in [2.05, 4.69) is 38.9 Å². The van der Waals surface area contributed by atoms with Gasteiger partial charge < -0.3 is 19.9 Å². The summed E-state index contributed by atoms with van der Waals surface area (Å²) in [5.74, 6) is 0.342. The quantitative estimate of drug-likeness (QED) is 0.582. The van der Waals surface area contributed by atoms with Gasteiger partial charge in [0.25, 0.3) is 0 Å². The highest BCUT2D eigenvalue weighted by Gasteiger charge is 2.26. The molecule has 1 aromatic heterocycles. The topological polar surface area (TPSA) is 87.7 Å². The molecule has 1 N–H and O–H groups in total. The summed E-state index contributed by atoms with van der Waals surface area (Å²) in [5, 5.41) is 2.98. The van der Waals surface area contributed by atoms with Crippen LogP contribution in [0.4, 0.5) is 11.6 Å². The summed E-state index contributed by atoms with van der Waals surface area (Å²) < 4.78 is 5.36. The van der Waals surface area contributed by atoms with Gasteiger partial charge in [0.05, 0.1) is 5.56 Å². The largest absolute Gasteiger partial charge is 0.461 e. The van der Waals surface area contributed by atoms with Crippen molar-refractivity contribution < 1.29 is 14.3 Å². The molecular weight excluding hydrogens is 418 g/mol. The highest BCUT2D eigenvalue weighted by Crippen LogP contribution is 2.23. The van der Waals surface area contributed by atoms with Crippen molar-refractivity contribution in [2.75, 3.05) is 49.5 Å². The van der Waals surface area contributed by atoms with Gasteiger partial charge in [0.1, 0.15) is 6.61 Å². The standard InChI is InChI=1S/C25H35N5O3/c1-5-29(6-2)15-16-33-24(32)21-7-9-22(10-8-21)28-23(31)20-11-13-30(14-12-20)25-26-18(3)17-19(4)27-25/h7-10,17,20H,5-6,11-16H2,1-4H3,(H,28,31). The van der Waals surface area contributed by atoms with Crippen molar-refractivity contribution in [1.29, 1.82) is 0 Å². The average molecular weight is 454 g/mol. The molecule has 178 valence electrons. The molecular formula is C25H35N5O3. The zero-order valence-corrected chi connectivity index (χ0v) is 20.1. The first kappa shape index (κ1) is 24.6. The zero-order chi connectivity index (χ0) is 23.8. The van der Waals surface area contributed by atoms with E-state index in [0.29, 0.717) is 17.9 Å². The molecule has 0 radical (unpaired) electrons. The summed E-state index contributed by atoms with van der Waals surface area (Å²) >= 11 is 0. The molecule has 8 nitrogen and oxygen atoms in total. The maximum atomic E-state index is 12.7. The summed E-state index contributed by atoms with van der Waals surface area (Å²) in [6, 6.07) is 8.83. The molecule has 2 heterocycles. The molecule has 0 atom stereocenters. The average Bonchev–Trinajstić information content (AvgIpc) is 2.81. The number of benzene rings is 1. The highest BCUT2D eigenvalue weighted by atomic mass is 16.5. The molecule has 0 saturated carbocycles. The number of esters is 1. The van der Waals surface area contributed by atoms with Crippen LogP contribution in [-0.2, 0) is 9.53 Å². The lowest BCUT2D eigenvalue weighted by atomic mass is 9.96. The fraction of sp³-hybridized carbons (Fsp3) is 0.520. The normalized spacial score (nSPS) is 14.4. The molecule has 33 heavy (non-hydrogen) atoms. The van der Waals surface area contributed by atoms with Crippen molar-refractivity contribution in [3.05, 3.63) is 47.3 Å². The van der Waals surface area contributed by atoms with Crippen molar-refractivity contribution in [3.8, 4) is 0 Å². The van der Waals surface area contributed by atoms with Gasteiger partial charge in [-0.05, 0) is 70.1 Å². The minimum Gasteiger partial charge on any atom is -0.461 e. The highest BCUT2D eigenvalue weighted by molar-refractivity contribution is 5.94. The lowest BCUT2D eigenvalue weighted by molar-refractivity contribution is -0.120. The number of ether oxygens (including phenoxy) is 1. The van der Waals surface area contributed by atoms with Crippen molar-refractivity contribution in [2.24, 2.45) is 5.92 Å². The van der Waals surface area contributed by atoms with Gasteiger partial charge in [-0.3, -0.25) is 4.79 Å². The number of hydrogen-bond acceptors (Lipinski definition) is 7. The number of aromatic nitrogens is 2. The first-order chi connectivity index (χ1) is 15.9. The number of anilines is 2. The number of likely N-dealkylation sites (N-methyl/N-ethyl adjacent to an activating group) is 1. The molecule has 0 unspecified atom stereocenters. The van der Waals surface area contributed by atoms with Crippen molar-refractivity contribution in [1.82, 2.24) is 14.9 Å². The van der Waals surface area contributed by atoms with Crippen LogP contribution < -0.4 is 10.2 Å². The van der Waals surface area contributed by atoms with Crippen LogP contribution in [-0.4, -0.2) is 66.1 Å². The summed E-state index contributed by atoms with van der Waals surface area (Å²) in [5.41, 5.74) is 3.07. The van der Waals surface area contributed by atoms with Gasteiger partial charge in [0.15, 0.2) is 0 Å². The number of carbonyl (C=O) groups excluding carboxylic acids is 2. The summed E-state index contributed by atoms with van der Waals surface area (Å²) in [7, 11) is 0. The van der Waals surface area contributed by atoms with Gasteiger partial charge in [0, 0.05) is 42.6 Å². The second-order valence-corrected chi connectivity index (χ2v) is 8.44. The monoisotopic (exact) mass is 453 g/mol. The minimum absolute atomic E-state index is 0.00513. The third kappa shape index (κ3) is 6.99. The van der Waals surface area contributed by atoms with Gasteiger partial charge in [-0.2, -0.15) is 0 Å². The molecule has 1 fully saturated rings. The third-order valence-corrected chi connectivity index (χ3v) is 6.04. The van der Waals surface area contributed by atoms with Crippen LogP contribution in [0.15, 0.2) is 30.3 Å². The van der Waals surface area contributed by atoms with Crippen molar-refractivity contribution in [3.63, 3.8) is 0 Å². The molecule has 2 aromatic rings. The van der Waals surface area contributed by atoms with E-state index < -0.39 is 0 Å². The second-order valence-electron chi connectivity index (χ2n) is 8.44. The van der Waals surface area contributed by atoms with Crippen molar-refractivity contribution in [2.45, 2.75) is 40.5 Å². The number of rotatable bonds is 9. The Hall–Kier alpha value is -3.00. The predicted octanol–water partition coefficient (Wildman–Crippen LogP) is 3.45. The maximum absolute atomic E-state index is 12.7. The Morgan fingerprint density at radius 2 is 1.67 bits per heavy atom. The van der Waals surface area contributed by atoms with E-state index in [4.69, 9.17) is 4.74 Å². The Kier molecular flexibility index (Phi) is 8.77. The number of nitrogens with zero attached hydrogens (tertiary/aromatic N) is 4. The smallest absolute Gasteiger partial charge is 0.338 e. The summed E-state index contributed by atoms with van der Waals surface area (Å²) in [6.07, 6.45) is 1.50. The van der Waals surface area contributed by atoms with Gasteiger partial charge in [-0.15, -0.1) is 0 Å². The minimum atomic E-state index is -0.346. The molecule has 1 aromatic carbocycles. The number of hydrogen-bond donors (Lipinski definition) is 1. The predicted molar refractivity (Wildman–Crippen MR) is 130 cm³/mol. The molecule has 0 aliphatic carbocycles. The van der Waals surface area contributed by atoms with Crippen LogP contribution in [0.3, 0.4) is 0 Å². The summed E-state index contributed by atoms with van der Waals surface area (Å²) in [4.78, 5) is 38.4. The van der Waals surface area contributed by atoms with E-state index in [1.165, 1.54) is 0 Å². The van der Waals surface area contributed by atoms with Gasteiger partial charge >= 0.3 is 5.97 Å². The van der Waals surface area contributed by atoms with Gasteiger partial charge in [0.2, 0.25) is 11.9 Å². The van der Waals surface area contributed by atoms with E-state index in [9.17, 15) is 9.59 Å². The lowest BCUT2D eigenvalue weighted by Gasteiger charge is -2.31. The molecule has 0 bridgehead atoms. The van der Waals surface area contributed by atoms with Crippen LogP contribution in [0, 0.1) is 19.8 Å². The molecule has 1 saturated heterocycles. The lowest BCUT2D eigenvalue weighted by Crippen LogP contribution is -2.39. The maximum Gasteiger partial charge on any atom is 0.338 e. The second kappa shape index (κ2) is 11.7. The van der Waals surface area contributed by atoms with E-state index in [0.717, 1.165) is 62.9 Å². The molecule has 1 aliphatic heterocycles. The van der Waals surface area contributed by atoms with E-state index in [1.807, 2.05) is 19.9 Å². The Morgan fingerprint density at radius 3 is 2.24 bits per heavy atom. The van der Waals surface area contributed by atoms with E-state index in [1.54, 1.807) is 24.3 Å². The van der Waals surface area contributed by atoms with Crippen LogP contribution in [0.25, 0.3) is 0 Å². The van der Waals surface area contributed by atoms with Gasteiger partial charge in [-0.1, -0.05) is 13.8 Å². The third-order valence-electron chi connectivity index (χ3n) is 6.04. The number of carbonyl (C=O) groups is 2. The van der Waals surface area contributed by atoms with Gasteiger partial charge in [-0.25, -0.2) is 14.8 Å². The number of nitrogens with one attached hydrogen (secondary N) is 1. The van der Waals surface area contributed by atoms with Crippen LogP contribution >= 0.6 is 0 Å². The molecule has 1 amide bonds. The first-order valence-corrected chi connectivity index (χ1v) is 11.8. The number of piperidine rings is 1. The Labute approximate surface area is 196 Å². The van der Waals surface area contributed by atoms with Crippen molar-refractivity contribution >= 4 is 23.5 Å².